The number of rotatable bonds is 4. The van der Waals surface area contributed by atoms with Crippen LogP contribution >= 0.6 is 11.8 Å². The van der Waals surface area contributed by atoms with E-state index in [1.165, 1.54) is 18.4 Å². The van der Waals surface area contributed by atoms with Crippen molar-refractivity contribution >= 4 is 33.2 Å². The van der Waals surface area contributed by atoms with E-state index in [-0.39, 0.29) is 0 Å². The van der Waals surface area contributed by atoms with Crippen LogP contribution in [-0.4, -0.2) is 32.2 Å². The Kier molecular flexibility index (Phi) is 4.40. The molecule has 1 unspecified atom stereocenters. The van der Waals surface area contributed by atoms with Gasteiger partial charge in [0.1, 0.15) is 0 Å². The Morgan fingerprint density at radius 2 is 2.00 bits per heavy atom. The Balaban J connectivity index is 2.11. The molecule has 1 saturated heterocycles. The van der Waals surface area contributed by atoms with Gasteiger partial charge < -0.3 is 5.32 Å². The number of nitrogens with one attached hydrogen (secondary N) is 2. The van der Waals surface area contributed by atoms with Crippen LogP contribution in [-0.2, 0) is 10.0 Å². The molecule has 4 nitrogen and oxygen atoms in total. The third-order valence-corrected chi connectivity index (χ3v) is 4.55. The summed E-state index contributed by atoms with van der Waals surface area (Å²) >= 11 is 1.94. The maximum Gasteiger partial charge on any atom is 0.229 e. The second-order valence-corrected chi connectivity index (χ2v) is 7.38. The topological polar surface area (TPSA) is 58.2 Å². The number of para-hydroxylation sites is 2. The van der Waals surface area contributed by atoms with Gasteiger partial charge in [-0.3, -0.25) is 4.72 Å². The van der Waals surface area contributed by atoms with Crippen LogP contribution in [0, 0.1) is 0 Å². The van der Waals surface area contributed by atoms with Gasteiger partial charge in [-0.15, -0.1) is 0 Å². The number of anilines is 2. The van der Waals surface area contributed by atoms with Crippen LogP contribution in [0.2, 0.25) is 0 Å². The molecule has 1 fully saturated rings. The molecule has 0 aromatic heterocycles. The molecule has 18 heavy (non-hydrogen) atoms. The van der Waals surface area contributed by atoms with Crippen molar-refractivity contribution in [1.29, 1.82) is 0 Å². The molecule has 1 aliphatic heterocycles. The molecule has 1 aromatic carbocycles. The maximum absolute atomic E-state index is 11.3. The first-order valence-electron chi connectivity index (χ1n) is 5.96. The fourth-order valence-corrected chi connectivity index (χ4v) is 3.62. The van der Waals surface area contributed by atoms with Gasteiger partial charge in [-0.05, 0) is 30.7 Å². The van der Waals surface area contributed by atoms with Gasteiger partial charge in [-0.1, -0.05) is 12.1 Å². The third kappa shape index (κ3) is 4.10. The van der Waals surface area contributed by atoms with Crippen molar-refractivity contribution in [3.8, 4) is 0 Å². The average Bonchev–Trinajstić information content (AvgIpc) is 2.31. The number of sulfonamides is 1. The van der Waals surface area contributed by atoms with Crippen molar-refractivity contribution in [2.75, 3.05) is 27.8 Å². The zero-order chi connectivity index (χ0) is 13.0. The number of hydrogen-bond acceptors (Lipinski definition) is 4. The SMILES string of the molecule is CS(=O)(=O)Nc1ccccc1NC1CCCSC1. The van der Waals surface area contributed by atoms with Crippen LogP contribution in [0.4, 0.5) is 11.4 Å². The zero-order valence-corrected chi connectivity index (χ0v) is 12.0. The summed E-state index contributed by atoms with van der Waals surface area (Å²) in [5.41, 5.74) is 1.48. The van der Waals surface area contributed by atoms with Crippen LogP contribution in [0.3, 0.4) is 0 Å². The van der Waals surface area contributed by atoms with Gasteiger partial charge >= 0.3 is 0 Å². The monoisotopic (exact) mass is 286 g/mol. The Morgan fingerprint density at radius 3 is 2.61 bits per heavy atom. The molecular weight excluding hydrogens is 268 g/mol. The van der Waals surface area contributed by atoms with Crippen LogP contribution in [0.5, 0.6) is 0 Å². The summed E-state index contributed by atoms with van der Waals surface area (Å²) in [6, 6.07) is 7.85. The third-order valence-electron chi connectivity index (χ3n) is 2.74. The zero-order valence-electron chi connectivity index (χ0n) is 10.3. The van der Waals surface area contributed by atoms with E-state index in [9.17, 15) is 8.42 Å². The summed E-state index contributed by atoms with van der Waals surface area (Å²) in [5.74, 6) is 2.30. The highest BCUT2D eigenvalue weighted by Gasteiger charge is 2.15. The van der Waals surface area contributed by atoms with Crippen molar-refractivity contribution < 1.29 is 8.42 Å². The van der Waals surface area contributed by atoms with Gasteiger partial charge in [-0.2, -0.15) is 11.8 Å². The van der Waals surface area contributed by atoms with Crippen LogP contribution in [0.25, 0.3) is 0 Å². The average molecular weight is 286 g/mol. The van der Waals surface area contributed by atoms with Gasteiger partial charge in [0.15, 0.2) is 0 Å². The fourth-order valence-electron chi connectivity index (χ4n) is 1.97. The Bertz CT molecular complexity index is 497. The molecule has 0 radical (unpaired) electrons. The number of benzene rings is 1. The smallest absolute Gasteiger partial charge is 0.229 e. The molecule has 1 aromatic rings. The second-order valence-electron chi connectivity index (χ2n) is 4.48. The van der Waals surface area contributed by atoms with E-state index in [0.29, 0.717) is 11.7 Å². The molecule has 0 saturated carbocycles. The summed E-state index contributed by atoms with van der Waals surface area (Å²) in [6.07, 6.45) is 3.52. The van der Waals surface area contributed by atoms with Gasteiger partial charge in [0.25, 0.3) is 0 Å². The van der Waals surface area contributed by atoms with E-state index in [1.54, 1.807) is 6.07 Å². The minimum Gasteiger partial charge on any atom is -0.380 e. The molecule has 2 rings (SSSR count). The summed E-state index contributed by atoms with van der Waals surface area (Å²) in [7, 11) is -3.24. The molecular formula is C12H18N2O2S2. The number of hydrogen-bond donors (Lipinski definition) is 2. The minimum atomic E-state index is -3.24. The predicted molar refractivity (Wildman–Crippen MR) is 78.9 cm³/mol. The molecule has 2 N–H and O–H groups in total. The van der Waals surface area contributed by atoms with E-state index in [4.69, 9.17) is 0 Å². The molecule has 0 aliphatic carbocycles. The van der Waals surface area contributed by atoms with E-state index in [0.717, 1.165) is 17.9 Å². The van der Waals surface area contributed by atoms with Gasteiger partial charge in [0.05, 0.1) is 17.6 Å². The van der Waals surface area contributed by atoms with E-state index < -0.39 is 10.0 Å². The van der Waals surface area contributed by atoms with Crippen LogP contribution in [0.15, 0.2) is 24.3 Å². The Morgan fingerprint density at radius 1 is 1.28 bits per heavy atom. The van der Waals surface area contributed by atoms with E-state index in [2.05, 4.69) is 10.0 Å². The highest BCUT2D eigenvalue weighted by atomic mass is 32.2. The van der Waals surface area contributed by atoms with Gasteiger partial charge in [-0.25, -0.2) is 8.42 Å². The van der Waals surface area contributed by atoms with Crippen molar-refractivity contribution in [3.63, 3.8) is 0 Å². The molecule has 0 bridgehead atoms. The van der Waals surface area contributed by atoms with Crippen LogP contribution < -0.4 is 10.0 Å². The normalized spacial score (nSPS) is 20.4. The van der Waals surface area contributed by atoms with Crippen molar-refractivity contribution in [1.82, 2.24) is 0 Å². The molecule has 1 atom stereocenters. The highest BCUT2D eigenvalue weighted by Crippen LogP contribution is 2.26. The van der Waals surface area contributed by atoms with Crippen molar-refractivity contribution in [2.45, 2.75) is 18.9 Å². The quantitative estimate of drug-likeness (QED) is 0.892. The van der Waals surface area contributed by atoms with Crippen molar-refractivity contribution in [3.05, 3.63) is 24.3 Å². The van der Waals surface area contributed by atoms with E-state index in [1.807, 2.05) is 30.0 Å². The van der Waals surface area contributed by atoms with E-state index >= 15 is 0 Å². The minimum absolute atomic E-state index is 0.422. The molecule has 0 amide bonds. The lowest BCUT2D eigenvalue weighted by Crippen LogP contribution is -2.26. The molecule has 1 aliphatic rings. The summed E-state index contributed by atoms with van der Waals surface area (Å²) in [5, 5.41) is 3.42. The first kappa shape index (κ1) is 13.5. The summed E-state index contributed by atoms with van der Waals surface area (Å²) < 4.78 is 25.1. The highest BCUT2D eigenvalue weighted by molar-refractivity contribution is 7.99. The van der Waals surface area contributed by atoms with Crippen LogP contribution in [0.1, 0.15) is 12.8 Å². The lowest BCUT2D eigenvalue weighted by Gasteiger charge is -2.24. The Hall–Kier alpha value is -0.880. The summed E-state index contributed by atoms with van der Waals surface area (Å²) in [4.78, 5) is 0. The maximum atomic E-state index is 11.3. The second kappa shape index (κ2) is 5.84. The standard InChI is InChI=1S/C12H18N2O2S2/c1-18(15,16)14-12-7-3-2-6-11(12)13-10-5-4-8-17-9-10/h2-3,6-7,10,13-14H,4-5,8-9H2,1H3. The largest absolute Gasteiger partial charge is 0.380 e. The lowest BCUT2D eigenvalue weighted by atomic mass is 10.1. The number of thioether (sulfide) groups is 1. The van der Waals surface area contributed by atoms with Crippen molar-refractivity contribution in [2.24, 2.45) is 0 Å². The first-order chi connectivity index (χ1) is 8.54. The molecule has 100 valence electrons. The Labute approximate surface area is 113 Å². The van der Waals surface area contributed by atoms with Gasteiger partial charge in [0, 0.05) is 11.8 Å². The molecule has 6 heteroatoms. The van der Waals surface area contributed by atoms with Gasteiger partial charge in [0.2, 0.25) is 10.0 Å². The lowest BCUT2D eigenvalue weighted by molar-refractivity contribution is 0.607. The fraction of sp³-hybridized carbons (Fsp3) is 0.500. The summed E-state index contributed by atoms with van der Waals surface area (Å²) in [6.45, 7) is 0. The molecule has 0 spiro atoms. The first-order valence-corrected chi connectivity index (χ1v) is 9.00. The predicted octanol–water partition coefficient (Wildman–Crippen LogP) is 2.37. The molecule has 1 heterocycles.